The molecule has 1 N–H and O–H groups in total. The molecule has 0 aliphatic rings. The molecule has 0 spiro atoms. The van der Waals surface area contributed by atoms with Gasteiger partial charge < -0.3 is 4.98 Å². The lowest BCUT2D eigenvalue weighted by atomic mass is 10.1. The van der Waals surface area contributed by atoms with E-state index >= 15 is 0 Å². The third-order valence-corrected chi connectivity index (χ3v) is 4.62. The smallest absolute Gasteiger partial charge is 0.252 e. The van der Waals surface area contributed by atoms with Gasteiger partial charge in [-0.25, -0.2) is 8.42 Å². The topological polar surface area (TPSA) is 70.2 Å². The van der Waals surface area contributed by atoms with Crippen molar-refractivity contribution >= 4 is 20.9 Å². The summed E-state index contributed by atoms with van der Waals surface area (Å²) in [7, 11) is -3.32. The van der Waals surface area contributed by atoms with Crippen molar-refractivity contribution in [1.29, 1.82) is 0 Å². The van der Waals surface area contributed by atoms with Gasteiger partial charge in [-0.2, -0.15) is 4.31 Å². The van der Waals surface area contributed by atoms with Crippen LogP contribution in [0.15, 0.2) is 29.1 Å². The van der Waals surface area contributed by atoms with Crippen molar-refractivity contribution in [2.75, 3.05) is 12.8 Å². The largest absolute Gasteiger partial charge is 0.322 e. The summed E-state index contributed by atoms with van der Waals surface area (Å²) in [6.45, 7) is 4.37. The lowest BCUT2D eigenvalue weighted by Crippen LogP contribution is -2.32. The highest BCUT2D eigenvalue weighted by molar-refractivity contribution is 7.88. The van der Waals surface area contributed by atoms with E-state index in [9.17, 15) is 13.2 Å². The van der Waals surface area contributed by atoms with Gasteiger partial charge in [-0.05, 0) is 36.4 Å². The molecule has 0 aliphatic heterocycles. The highest BCUT2D eigenvalue weighted by Crippen LogP contribution is 2.14. The Balaban J connectivity index is 2.44. The number of aryl methyl sites for hydroxylation is 1. The molecule has 114 valence electrons. The highest BCUT2D eigenvalue weighted by Gasteiger charge is 2.17. The Morgan fingerprint density at radius 3 is 2.57 bits per heavy atom. The number of rotatable bonds is 5. The molecule has 0 amide bonds. The van der Waals surface area contributed by atoms with E-state index in [1.807, 2.05) is 32.0 Å². The van der Waals surface area contributed by atoms with Crippen LogP contribution in [0.3, 0.4) is 0 Å². The van der Waals surface area contributed by atoms with Crippen molar-refractivity contribution in [2.45, 2.75) is 26.8 Å². The first kappa shape index (κ1) is 15.7. The lowest BCUT2D eigenvalue weighted by Gasteiger charge is -2.18. The molecule has 2 rings (SSSR count). The number of fused-ring (bicyclic) bond motifs is 1. The molecule has 6 heteroatoms. The van der Waals surface area contributed by atoms with Gasteiger partial charge in [0, 0.05) is 24.2 Å². The van der Waals surface area contributed by atoms with Crippen LogP contribution in [0.1, 0.15) is 24.5 Å². The summed E-state index contributed by atoms with van der Waals surface area (Å²) < 4.78 is 24.8. The average Bonchev–Trinajstić information content (AvgIpc) is 2.38. The Hall–Kier alpha value is -1.66. The van der Waals surface area contributed by atoms with E-state index in [1.165, 1.54) is 10.6 Å². The summed E-state index contributed by atoms with van der Waals surface area (Å²) in [5, 5.41) is 0.903. The summed E-state index contributed by atoms with van der Waals surface area (Å²) in [5.41, 5.74) is 2.06. The SMILES string of the molecule is CCCN(Cc1cc2ccc(C)cc2[nH]c1=O)S(C)(=O)=O. The van der Waals surface area contributed by atoms with Crippen molar-refractivity contribution in [3.63, 3.8) is 0 Å². The van der Waals surface area contributed by atoms with E-state index < -0.39 is 10.0 Å². The van der Waals surface area contributed by atoms with Gasteiger partial charge in [0.15, 0.2) is 0 Å². The fraction of sp³-hybridized carbons (Fsp3) is 0.400. The quantitative estimate of drug-likeness (QED) is 0.918. The minimum atomic E-state index is -3.32. The number of aromatic amines is 1. The number of nitrogens with zero attached hydrogens (tertiary/aromatic N) is 1. The molecule has 1 aromatic carbocycles. The zero-order valence-corrected chi connectivity index (χ0v) is 13.3. The molecular weight excluding hydrogens is 288 g/mol. The van der Waals surface area contributed by atoms with Crippen molar-refractivity contribution in [1.82, 2.24) is 9.29 Å². The Morgan fingerprint density at radius 2 is 1.95 bits per heavy atom. The minimum Gasteiger partial charge on any atom is -0.322 e. The van der Waals surface area contributed by atoms with E-state index in [1.54, 1.807) is 6.07 Å². The molecule has 0 saturated heterocycles. The highest BCUT2D eigenvalue weighted by atomic mass is 32.2. The molecule has 0 bridgehead atoms. The zero-order valence-electron chi connectivity index (χ0n) is 12.5. The summed E-state index contributed by atoms with van der Waals surface area (Å²) >= 11 is 0. The molecule has 0 fully saturated rings. The molecule has 0 atom stereocenters. The Morgan fingerprint density at radius 1 is 1.24 bits per heavy atom. The molecule has 5 nitrogen and oxygen atoms in total. The van der Waals surface area contributed by atoms with Crippen LogP contribution >= 0.6 is 0 Å². The number of benzene rings is 1. The number of pyridine rings is 1. The molecule has 0 aliphatic carbocycles. The van der Waals surface area contributed by atoms with Gasteiger partial charge >= 0.3 is 0 Å². The fourth-order valence-electron chi connectivity index (χ4n) is 2.28. The second-order valence-corrected chi connectivity index (χ2v) is 7.29. The van der Waals surface area contributed by atoms with Gasteiger partial charge in [-0.3, -0.25) is 4.79 Å². The fourth-order valence-corrected chi connectivity index (χ4v) is 3.17. The number of aromatic nitrogens is 1. The number of sulfonamides is 1. The Bertz CT molecular complexity index is 809. The van der Waals surface area contributed by atoms with Gasteiger partial charge in [0.2, 0.25) is 10.0 Å². The van der Waals surface area contributed by atoms with Crippen molar-refractivity contribution in [3.05, 3.63) is 45.7 Å². The maximum atomic E-state index is 12.1. The standard InChI is InChI=1S/C15H20N2O3S/c1-4-7-17(21(3,19)20)10-13-9-12-6-5-11(2)8-14(12)16-15(13)18/h5-6,8-9H,4,7,10H2,1-3H3,(H,16,18). The van der Waals surface area contributed by atoms with Crippen LogP contribution in [0.25, 0.3) is 10.9 Å². The first-order valence-electron chi connectivity index (χ1n) is 6.89. The Kier molecular flexibility index (Phi) is 4.49. The van der Waals surface area contributed by atoms with Crippen molar-refractivity contribution in [2.24, 2.45) is 0 Å². The number of H-pyrrole nitrogens is 1. The van der Waals surface area contributed by atoms with Gasteiger partial charge in [-0.1, -0.05) is 19.1 Å². The monoisotopic (exact) mass is 308 g/mol. The van der Waals surface area contributed by atoms with E-state index in [0.29, 0.717) is 18.5 Å². The third kappa shape index (κ3) is 3.71. The second-order valence-electron chi connectivity index (χ2n) is 5.31. The second kappa shape index (κ2) is 5.99. The predicted octanol–water partition coefficient (Wildman–Crippen LogP) is 2.01. The van der Waals surface area contributed by atoms with Crippen LogP contribution in [0.4, 0.5) is 0 Å². The molecule has 21 heavy (non-hydrogen) atoms. The van der Waals surface area contributed by atoms with Crippen molar-refractivity contribution < 1.29 is 8.42 Å². The van der Waals surface area contributed by atoms with Crippen LogP contribution in [0.5, 0.6) is 0 Å². The van der Waals surface area contributed by atoms with Crippen LogP contribution in [-0.2, 0) is 16.6 Å². The van der Waals surface area contributed by atoms with Crippen LogP contribution in [-0.4, -0.2) is 30.5 Å². The number of hydrogen-bond acceptors (Lipinski definition) is 3. The van der Waals surface area contributed by atoms with Gasteiger partial charge in [0.05, 0.1) is 6.26 Å². The summed E-state index contributed by atoms with van der Waals surface area (Å²) in [5.74, 6) is 0. The molecule has 0 saturated carbocycles. The lowest BCUT2D eigenvalue weighted by molar-refractivity contribution is 0.408. The van der Waals surface area contributed by atoms with E-state index in [2.05, 4.69) is 4.98 Å². The Labute approximate surface area is 124 Å². The number of nitrogens with one attached hydrogen (secondary N) is 1. The molecule has 1 aromatic heterocycles. The third-order valence-electron chi connectivity index (χ3n) is 3.37. The summed E-state index contributed by atoms with van der Waals surface area (Å²) in [6.07, 6.45) is 1.87. The molecule has 0 unspecified atom stereocenters. The van der Waals surface area contributed by atoms with Crippen LogP contribution in [0.2, 0.25) is 0 Å². The molecule has 0 radical (unpaired) electrons. The van der Waals surface area contributed by atoms with Crippen molar-refractivity contribution in [3.8, 4) is 0 Å². The minimum absolute atomic E-state index is 0.103. The van der Waals surface area contributed by atoms with Gasteiger partial charge in [0.25, 0.3) is 5.56 Å². The maximum Gasteiger partial charge on any atom is 0.252 e. The first-order valence-corrected chi connectivity index (χ1v) is 8.74. The van der Waals surface area contributed by atoms with Gasteiger partial charge in [0.1, 0.15) is 0 Å². The molecular formula is C15H20N2O3S. The van der Waals surface area contributed by atoms with E-state index in [-0.39, 0.29) is 12.1 Å². The molecule has 1 heterocycles. The first-order chi connectivity index (χ1) is 9.81. The maximum absolute atomic E-state index is 12.1. The predicted molar refractivity (Wildman–Crippen MR) is 84.9 cm³/mol. The van der Waals surface area contributed by atoms with Crippen LogP contribution in [0, 0.1) is 6.92 Å². The molecule has 2 aromatic rings. The number of hydrogen-bond donors (Lipinski definition) is 1. The summed E-state index contributed by atoms with van der Waals surface area (Å²) in [4.78, 5) is 15.0. The van der Waals surface area contributed by atoms with E-state index in [4.69, 9.17) is 0 Å². The normalized spacial score (nSPS) is 12.2. The van der Waals surface area contributed by atoms with E-state index in [0.717, 1.165) is 16.5 Å². The summed E-state index contributed by atoms with van der Waals surface area (Å²) in [6, 6.07) is 7.56. The zero-order chi connectivity index (χ0) is 15.6. The van der Waals surface area contributed by atoms with Crippen LogP contribution < -0.4 is 5.56 Å². The van der Waals surface area contributed by atoms with Gasteiger partial charge in [-0.15, -0.1) is 0 Å². The average molecular weight is 308 g/mol.